The van der Waals surface area contributed by atoms with Gasteiger partial charge in [0.1, 0.15) is 0 Å². The minimum Gasteiger partial charge on any atom is -0.247 e. The molecule has 1 aliphatic carbocycles. The molecule has 0 atom stereocenters. The zero-order valence-electron chi connectivity index (χ0n) is 8.12. The lowest BCUT2D eigenvalue weighted by Gasteiger charge is -2.37. The van der Waals surface area contributed by atoms with Crippen LogP contribution in [-0.4, -0.2) is 15.0 Å². The topological polar surface area (TPSA) is 30.7 Å². The van der Waals surface area contributed by atoms with Crippen molar-refractivity contribution in [3.63, 3.8) is 0 Å². The van der Waals surface area contributed by atoms with Gasteiger partial charge in [-0.05, 0) is 26.2 Å². The average Bonchev–Trinajstić information content (AvgIpc) is 2.56. The van der Waals surface area contributed by atoms with E-state index in [4.69, 9.17) is 0 Å². The van der Waals surface area contributed by atoms with Crippen LogP contribution in [0.3, 0.4) is 0 Å². The maximum Gasteiger partial charge on any atom is 0.0693 e. The highest BCUT2D eigenvalue weighted by Crippen LogP contribution is 2.37. The second-order valence-corrected chi connectivity index (χ2v) is 3.20. The van der Waals surface area contributed by atoms with Crippen LogP contribution in [0.2, 0.25) is 0 Å². The number of nitrogens with zero attached hydrogens (tertiary/aromatic N) is 3. The van der Waals surface area contributed by atoms with E-state index in [0.29, 0.717) is 0 Å². The van der Waals surface area contributed by atoms with Gasteiger partial charge < -0.3 is 0 Å². The van der Waals surface area contributed by atoms with Crippen molar-refractivity contribution in [2.75, 3.05) is 0 Å². The Kier molecular flexibility index (Phi) is 2.84. The molecule has 68 valence electrons. The molecule has 1 aliphatic rings. The number of hydrogen-bond donors (Lipinski definition) is 0. The SMILES string of the molecule is CC.CC1(n2ccnn2)CCC1. The molecule has 0 radical (unpaired) electrons. The first-order valence-electron chi connectivity index (χ1n) is 4.68. The minimum atomic E-state index is 0.288. The molecule has 0 N–H and O–H groups in total. The van der Waals surface area contributed by atoms with E-state index in [1.165, 1.54) is 19.3 Å². The predicted octanol–water partition coefficient (Wildman–Crippen LogP) is 2.20. The van der Waals surface area contributed by atoms with Crippen LogP contribution in [0.25, 0.3) is 0 Å². The highest BCUT2D eigenvalue weighted by molar-refractivity contribution is 4.89. The first-order valence-corrected chi connectivity index (χ1v) is 4.68. The van der Waals surface area contributed by atoms with Crippen molar-refractivity contribution in [3.8, 4) is 0 Å². The lowest BCUT2D eigenvalue weighted by molar-refractivity contribution is 0.146. The Bertz CT molecular complexity index is 212. The van der Waals surface area contributed by atoms with Crippen LogP contribution in [0.15, 0.2) is 12.4 Å². The van der Waals surface area contributed by atoms with Gasteiger partial charge in [0.25, 0.3) is 0 Å². The van der Waals surface area contributed by atoms with Crippen molar-refractivity contribution in [3.05, 3.63) is 12.4 Å². The van der Waals surface area contributed by atoms with Gasteiger partial charge in [0.2, 0.25) is 0 Å². The largest absolute Gasteiger partial charge is 0.247 e. The van der Waals surface area contributed by atoms with E-state index in [1.807, 2.05) is 24.7 Å². The van der Waals surface area contributed by atoms with Crippen LogP contribution < -0.4 is 0 Å². The third kappa shape index (κ3) is 1.49. The Morgan fingerprint density at radius 1 is 1.33 bits per heavy atom. The smallest absolute Gasteiger partial charge is 0.0693 e. The molecule has 0 aliphatic heterocycles. The Morgan fingerprint density at radius 3 is 2.33 bits per heavy atom. The summed E-state index contributed by atoms with van der Waals surface area (Å²) in [6.07, 6.45) is 7.51. The molecule has 1 aromatic rings. The normalized spacial score (nSPS) is 18.9. The monoisotopic (exact) mass is 167 g/mol. The van der Waals surface area contributed by atoms with E-state index in [2.05, 4.69) is 17.2 Å². The second kappa shape index (κ2) is 3.70. The summed E-state index contributed by atoms with van der Waals surface area (Å²) in [6, 6.07) is 0. The molecule has 0 spiro atoms. The molecule has 0 unspecified atom stereocenters. The fraction of sp³-hybridized carbons (Fsp3) is 0.778. The molecule has 0 aromatic carbocycles. The second-order valence-electron chi connectivity index (χ2n) is 3.20. The highest BCUT2D eigenvalue weighted by Gasteiger charge is 2.34. The molecule has 3 nitrogen and oxygen atoms in total. The van der Waals surface area contributed by atoms with Crippen molar-refractivity contribution in [1.29, 1.82) is 0 Å². The number of aromatic nitrogens is 3. The van der Waals surface area contributed by atoms with Gasteiger partial charge in [-0.3, -0.25) is 0 Å². The molecule has 12 heavy (non-hydrogen) atoms. The first kappa shape index (κ1) is 9.23. The van der Waals surface area contributed by atoms with Crippen LogP contribution in [0.5, 0.6) is 0 Å². The van der Waals surface area contributed by atoms with E-state index in [9.17, 15) is 0 Å². The number of hydrogen-bond acceptors (Lipinski definition) is 2. The Hall–Kier alpha value is -0.860. The molecule has 1 heterocycles. The Morgan fingerprint density at radius 2 is 2.00 bits per heavy atom. The minimum absolute atomic E-state index is 0.288. The van der Waals surface area contributed by atoms with Crippen molar-refractivity contribution < 1.29 is 0 Å². The van der Waals surface area contributed by atoms with Crippen molar-refractivity contribution in [2.45, 2.75) is 45.6 Å². The highest BCUT2D eigenvalue weighted by atomic mass is 15.4. The molecule has 1 fully saturated rings. The molecule has 0 bridgehead atoms. The molecule has 1 saturated carbocycles. The van der Waals surface area contributed by atoms with E-state index >= 15 is 0 Å². The lowest BCUT2D eigenvalue weighted by atomic mass is 9.79. The third-order valence-electron chi connectivity index (χ3n) is 2.41. The molecule has 0 amide bonds. The summed E-state index contributed by atoms with van der Waals surface area (Å²) in [6.45, 7) is 6.23. The van der Waals surface area contributed by atoms with Gasteiger partial charge in [-0.2, -0.15) is 0 Å². The molecular weight excluding hydrogens is 150 g/mol. The zero-order chi connectivity index (χ0) is 9.03. The summed E-state index contributed by atoms with van der Waals surface area (Å²) in [4.78, 5) is 0. The van der Waals surface area contributed by atoms with E-state index in [-0.39, 0.29) is 5.54 Å². The maximum atomic E-state index is 3.98. The third-order valence-corrected chi connectivity index (χ3v) is 2.41. The van der Waals surface area contributed by atoms with Crippen LogP contribution in [0, 0.1) is 0 Å². The molecule has 2 rings (SSSR count). The van der Waals surface area contributed by atoms with E-state index in [0.717, 1.165) is 0 Å². The van der Waals surface area contributed by atoms with E-state index < -0.39 is 0 Å². The van der Waals surface area contributed by atoms with Crippen LogP contribution in [0.1, 0.15) is 40.0 Å². The fourth-order valence-corrected chi connectivity index (χ4v) is 1.41. The van der Waals surface area contributed by atoms with Crippen LogP contribution >= 0.6 is 0 Å². The molecule has 1 aromatic heterocycles. The van der Waals surface area contributed by atoms with Crippen molar-refractivity contribution in [1.82, 2.24) is 15.0 Å². The van der Waals surface area contributed by atoms with Crippen LogP contribution in [-0.2, 0) is 5.54 Å². The quantitative estimate of drug-likeness (QED) is 0.642. The van der Waals surface area contributed by atoms with Gasteiger partial charge in [-0.1, -0.05) is 19.1 Å². The van der Waals surface area contributed by atoms with Crippen molar-refractivity contribution in [2.24, 2.45) is 0 Å². The van der Waals surface area contributed by atoms with Crippen molar-refractivity contribution >= 4 is 0 Å². The summed E-state index contributed by atoms with van der Waals surface area (Å²) in [5.41, 5.74) is 0.288. The molecular formula is C9H17N3. The number of rotatable bonds is 1. The summed E-state index contributed by atoms with van der Waals surface area (Å²) < 4.78 is 1.97. The summed E-state index contributed by atoms with van der Waals surface area (Å²) in [7, 11) is 0. The van der Waals surface area contributed by atoms with Gasteiger partial charge in [0.15, 0.2) is 0 Å². The molecule has 3 heteroatoms. The van der Waals surface area contributed by atoms with Gasteiger partial charge in [0.05, 0.1) is 11.7 Å². The fourth-order valence-electron chi connectivity index (χ4n) is 1.41. The van der Waals surface area contributed by atoms with Crippen LogP contribution in [0.4, 0.5) is 0 Å². The summed E-state index contributed by atoms with van der Waals surface area (Å²) in [5, 5.41) is 7.76. The van der Waals surface area contributed by atoms with E-state index in [1.54, 1.807) is 6.20 Å². The summed E-state index contributed by atoms with van der Waals surface area (Å²) >= 11 is 0. The Balaban J connectivity index is 0.000000336. The molecule has 0 saturated heterocycles. The average molecular weight is 167 g/mol. The van der Waals surface area contributed by atoms with Gasteiger partial charge in [-0.25, -0.2) is 4.68 Å². The van der Waals surface area contributed by atoms with Gasteiger partial charge >= 0.3 is 0 Å². The van der Waals surface area contributed by atoms with Gasteiger partial charge in [0, 0.05) is 6.20 Å². The summed E-state index contributed by atoms with van der Waals surface area (Å²) in [5.74, 6) is 0. The zero-order valence-corrected chi connectivity index (χ0v) is 8.12. The lowest BCUT2D eigenvalue weighted by Crippen LogP contribution is -2.37. The van der Waals surface area contributed by atoms with Gasteiger partial charge in [-0.15, -0.1) is 5.10 Å². The predicted molar refractivity (Wildman–Crippen MR) is 48.9 cm³/mol. The maximum absolute atomic E-state index is 3.98. The Labute approximate surface area is 73.8 Å². The standard InChI is InChI=1S/C7H11N3.C2H6/c1-7(3-2-4-7)10-6-5-8-9-10;1-2/h5-6H,2-4H2,1H3;1-2H3. The first-order chi connectivity index (χ1) is 5.81.